The molecule has 1 fully saturated rings. The summed E-state index contributed by atoms with van der Waals surface area (Å²) in [5.41, 5.74) is 2.73. The summed E-state index contributed by atoms with van der Waals surface area (Å²) in [5.74, 6) is 0.291. The zero-order valence-corrected chi connectivity index (χ0v) is 13.7. The van der Waals surface area contributed by atoms with E-state index in [9.17, 15) is 8.42 Å². The molecule has 3 atom stereocenters. The lowest BCUT2D eigenvalue weighted by Crippen LogP contribution is -2.19. The van der Waals surface area contributed by atoms with E-state index in [0.29, 0.717) is 10.8 Å². The number of nitrogens with zero attached hydrogens (tertiary/aromatic N) is 1. The average Bonchev–Trinajstić information content (AvgIpc) is 3.01. The van der Waals surface area contributed by atoms with Crippen LogP contribution in [0.25, 0.3) is 0 Å². The number of sulfonamides is 1. The lowest BCUT2D eigenvalue weighted by molar-refractivity contribution is 0.516. The Kier molecular flexibility index (Phi) is 3.82. The van der Waals surface area contributed by atoms with Gasteiger partial charge in [0, 0.05) is 6.04 Å². The Morgan fingerprint density at radius 2 is 1.70 bits per heavy atom. The van der Waals surface area contributed by atoms with Crippen molar-refractivity contribution in [2.45, 2.75) is 51.6 Å². The summed E-state index contributed by atoms with van der Waals surface area (Å²) in [6.45, 7) is 13.6. The van der Waals surface area contributed by atoms with Crippen molar-refractivity contribution in [1.82, 2.24) is 4.31 Å². The normalized spacial score (nSPS) is 25.8. The molecule has 0 spiro atoms. The summed E-state index contributed by atoms with van der Waals surface area (Å²) in [6, 6.07) is 3.82. The third kappa shape index (κ3) is 2.31. The molecule has 0 N–H and O–H groups in total. The molecule has 1 heterocycles. The number of hydrogen-bond donors (Lipinski definition) is 0. The quantitative estimate of drug-likeness (QED) is 0.631. The molecule has 0 bridgehead atoms. The second-order valence-electron chi connectivity index (χ2n) is 6.02. The highest BCUT2D eigenvalue weighted by Crippen LogP contribution is 2.42. The van der Waals surface area contributed by atoms with Crippen molar-refractivity contribution in [2.75, 3.05) is 0 Å². The van der Waals surface area contributed by atoms with E-state index in [1.165, 1.54) is 0 Å². The first-order chi connectivity index (χ1) is 9.21. The predicted molar refractivity (Wildman–Crippen MR) is 82.3 cm³/mol. The molecule has 20 heavy (non-hydrogen) atoms. The smallest absolute Gasteiger partial charge is 0.207 e. The van der Waals surface area contributed by atoms with Gasteiger partial charge in [-0.1, -0.05) is 37.6 Å². The number of aryl methyl sites for hydroxylation is 3. The van der Waals surface area contributed by atoms with Crippen LogP contribution in [0, 0.1) is 26.7 Å². The molecular weight excluding hydrogens is 270 g/mol. The molecule has 0 amide bonds. The molecule has 1 aromatic carbocycles. The van der Waals surface area contributed by atoms with Crippen LogP contribution in [0.3, 0.4) is 0 Å². The van der Waals surface area contributed by atoms with Crippen molar-refractivity contribution in [1.29, 1.82) is 0 Å². The van der Waals surface area contributed by atoms with Gasteiger partial charge in [-0.15, -0.1) is 6.58 Å². The molecule has 2 rings (SSSR count). The summed E-state index contributed by atoms with van der Waals surface area (Å²) in [6.07, 6.45) is 1.74. The fourth-order valence-electron chi connectivity index (χ4n) is 3.18. The van der Waals surface area contributed by atoms with Crippen molar-refractivity contribution in [2.24, 2.45) is 5.92 Å². The van der Waals surface area contributed by atoms with Crippen LogP contribution in [-0.4, -0.2) is 24.8 Å². The van der Waals surface area contributed by atoms with Crippen LogP contribution >= 0.6 is 0 Å². The maximum atomic E-state index is 12.9. The minimum absolute atomic E-state index is 0.0394. The van der Waals surface area contributed by atoms with Gasteiger partial charge in [-0.05, 0) is 37.8 Å². The molecule has 1 aliphatic heterocycles. The Labute approximate surface area is 122 Å². The average molecular weight is 293 g/mol. The van der Waals surface area contributed by atoms with Gasteiger partial charge < -0.3 is 0 Å². The van der Waals surface area contributed by atoms with Crippen LogP contribution in [-0.2, 0) is 10.0 Å². The fourth-order valence-corrected chi connectivity index (χ4v) is 5.49. The summed E-state index contributed by atoms with van der Waals surface area (Å²) in [4.78, 5) is 0.457. The zero-order chi connectivity index (χ0) is 15.2. The summed E-state index contributed by atoms with van der Waals surface area (Å²) in [5, 5.41) is 0. The lowest BCUT2D eigenvalue weighted by atomic mass is 10.1. The van der Waals surface area contributed by atoms with Crippen LogP contribution in [0.5, 0.6) is 0 Å². The predicted octanol–water partition coefficient (Wildman–Crippen LogP) is 3.20. The van der Waals surface area contributed by atoms with Gasteiger partial charge >= 0.3 is 0 Å². The molecule has 1 aliphatic rings. The van der Waals surface area contributed by atoms with Crippen molar-refractivity contribution in [3.63, 3.8) is 0 Å². The van der Waals surface area contributed by atoms with Gasteiger partial charge in [0.1, 0.15) is 0 Å². The molecule has 1 saturated heterocycles. The van der Waals surface area contributed by atoms with Crippen LogP contribution in [0.1, 0.15) is 30.5 Å². The van der Waals surface area contributed by atoms with E-state index in [4.69, 9.17) is 0 Å². The summed E-state index contributed by atoms with van der Waals surface area (Å²) < 4.78 is 27.4. The minimum atomic E-state index is -3.44. The maximum absolute atomic E-state index is 12.9. The van der Waals surface area contributed by atoms with Gasteiger partial charge in [0.25, 0.3) is 0 Å². The molecule has 0 aliphatic carbocycles. The van der Waals surface area contributed by atoms with Gasteiger partial charge in [-0.25, -0.2) is 8.42 Å². The molecule has 3 nitrogen and oxygen atoms in total. The Morgan fingerprint density at radius 3 is 2.05 bits per heavy atom. The largest absolute Gasteiger partial charge is 0.244 e. The number of rotatable bonds is 4. The Bertz CT molecular complexity index is 623. The highest BCUT2D eigenvalue weighted by atomic mass is 32.2. The van der Waals surface area contributed by atoms with E-state index < -0.39 is 10.0 Å². The zero-order valence-electron chi connectivity index (χ0n) is 12.8. The third-order valence-corrected chi connectivity index (χ3v) is 6.11. The summed E-state index contributed by atoms with van der Waals surface area (Å²) in [7, 11) is -3.44. The van der Waals surface area contributed by atoms with Crippen molar-refractivity contribution < 1.29 is 8.42 Å². The molecule has 1 unspecified atom stereocenters. The van der Waals surface area contributed by atoms with E-state index in [-0.39, 0.29) is 12.1 Å². The Hall–Kier alpha value is -1.13. The van der Waals surface area contributed by atoms with Crippen LogP contribution in [0.15, 0.2) is 29.7 Å². The maximum Gasteiger partial charge on any atom is 0.244 e. The van der Waals surface area contributed by atoms with E-state index >= 15 is 0 Å². The number of hydrogen-bond acceptors (Lipinski definition) is 2. The topological polar surface area (TPSA) is 37.1 Å². The highest BCUT2D eigenvalue weighted by Gasteiger charge is 2.55. The van der Waals surface area contributed by atoms with Crippen LogP contribution in [0.2, 0.25) is 0 Å². The first kappa shape index (κ1) is 15.3. The monoisotopic (exact) mass is 293 g/mol. The molecular formula is C16H23NO2S. The molecule has 4 heteroatoms. The van der Waals surface area contributed by atoms with Crippen molar-refractivity contribution in [3.05, 3.63) is 41.5 Å². The van der Waals surface area contributed by atoms with Gasteiger partial charge in [0.2, 0.25) is 10.0 Å². The SMILES string of the molecule is C=C[C@@H]1[C@@H](C(C)C)N1S(=O)(=O)c1c(C)cc(C)cc1C. The van der Waals surface area contributed by atoms with Crippen LogP contribution in [0.4, 0.5) is 0 Å². The van der Waals surface area contributed by atoms with Gasteiger partial charge in [0.15, 0.2) is 0 Å². The third-order valence-electron chi connectivity index (χ3n) is 3.91. The number of benzene rings is 1. The highest BCUT2D eigenvalue weighted by molar-refractivity contribution is 7.89. The van der Waals surface area contributed by atoms with Gasteiger partial charge in [-0.2, -0.15) is 4.31 Å². The first-order valence-electron chi connectivity index (χ1n) is 6.95. The molecule has 0 radical (unpaired) electrons. The van der Waals surface area contributed by atoms with Gasteiger partial charge in [0.05, 0.1) is 10.9 Å². The first-order valence-corrected chi connectivity index (χ1v) is 8.39. The van der Waals surface area contributed by atoms with E-state index in [1.54, 1.807) is 10.4 Å². The molecule has 0 aromatic heterocycles. The molecule has 0 saturated carbocycles. The van der Waals surface area contributed by atoms with E-state index in [2.05, 4.69) is 6.58 Å². The Balaban J connectivity index is 2.50. The molecule has 1 aromatic rings. The standard InChI is InChI=1S/C16H23NO2S/c1-7-14-15(10(2)3)17(14)20(18,19)16-12(5)8-11(4)9-13(16)6/h7-10,14-15H,1H2,2-6H3/t14-,15-,17?/m1/s1. The van der Waals surface area contributed by atoms with E-state index in [1.807, 2.05) is 46.8 Å². The second-order valence-corrected chi connectivity index (χ2v) is 7.80. The minimum Gasteiger partial charge on any atom is -0.207 e. The van der Waals surface area contributed by atoms with Crippen LogP contribution < -0.4 is 0 Å². The van der Waals surface area contributed by atoms with Crippen molar-refractivity contribution >= 4 is 10.0 Å². The second kappa shape index (κ2) is 5.01. The van der Waals surface area contributed by atoms with Gasteiger partial charge in [-0.3, -0.25) is 0 Å². The van der Waals surface area contributed by atoms with Crippen molar-refractivity contribution in [3.8, 4) is 0 Å². The summed E-state index contributed by atoms with van der Waals surface area (Å²) >= 11 is 0. The lowest BCUT2D eigenvalue weighted by Gasteiger charge is -2.14. The fraction of sp³-hybridized carbons (Fsp3) is 0.500. The molecule has 110 valence electrons. The van der Waals surface area contributed by atoms with E-state index in [0.717, 1.165) is 16.7 Å². The Morgan fingerprint density at radius 1 is 1.20 bits per heavy atom.